The quantitative estimate of drug-likeness (QED) is 0.156. The molecule has 0 fully saturated rings. The second-order valence-corrected chi connectivity index (χ2v) is 13.0. The van der Waals surface area contributed by atoms with Gasteiger partial charge in [-0.15, -0.1) is 26.3 Å². The molecule has 2 atom stereocenters. The molecule has 52 heavy (non-hydrogen) atoms. The fraction of sp³-hybridized carbons (Fsp3) is 0.269. The van der Waals surface area contributed by atoms with Crippen molar-refractivity contribution in [1.29, 1.82) is 0 Å². The molecular formula is C52H62. The van der Waals surface area contributed by atoms with Gasteiger partial charge in [-0.25, -0.2) is 0 Å². The van der Waals surface area contributed by atoms with Gasteiger partial charge in [0.1, 0.15) is 0 Å². The van der Waals surface area contributed by atoms with E-state index in [2.05, 4.69) is 162 Å². The highest BCUT2D eigenvalue weighted by Crippen LogP contribution is 2.57. The van der Waals surface area contributed by atoms with E-state index in [4.69, 9.17) is 0 Å². The summed E-state index contributed by atoms with van der Waals surface area (Å²) in [5.41, 5.74) is 16.0. The first-order valence-corrected chi connectivity index (χ1v) is 18.9. The summed E-state index contributed by atoms with van der Waals surface area (Å²) in [5.74, 6) is 0. The Kier molecular flexibility index (Phi) is 14.0. The first-order valence-electron chi connectivity index (χ1n) is 18.9. The average Bonchev–Trinajstić information content (AvgIpc) is 3.73. The van der Waals surface area contributed by atoms with E-state index >= 15 is 0 Å². The maximum Gasteiger partial charge on any atom is 0.0363 e. The molecule has 3 aliphatic carbocycles. The van der Waals surface area contributed by atoms with Gasteiger partial charge in [0.05, 0.1) is 0 Å². The first kappa shape index (κ1) is 41.5. The summed E-state index contributed by atoms with van der Waals surface area (Å²) >= 11 is 0. The Balaban J connectivity index is 0.000000250. The van der Waals surface area contributed by atoms with Crippen LogP contribution in [0.2, 0.25) is 0 Å². The molecule has 0 nitrogen and oxygen atoms in total. The SMILES string of the molecule is C.C=CC1(C)c2ccccc2-c2cc3c(cc21)-c1ccccc1C3(C)C=C.C=CCC1(CC=C)c2ccccc2-c2ccccc21.CC.CC.CC. The highest BCUT2D eigenvalue weighted by Gasteiger charge is 2.43. The van der Waals surface area contributed by atoms with Crippen molar-refractivity contribution >= 4 is 0 Å². The lowest BCUT2D eigenvalue weighted by Gasteiger charge is -2.30. The Labute approximate surface area is 317 Å². The first-order chi connectivity index (χ1) is 24.9. The average molecular weight is 687 g/mol. The number of hydrogen-bond donors (Lipinski definition) is 0. The molecule has 0 heterocycles. The smallest absolute Gasteiger partial charge is 0.0363 e. The van der Waals surface area contributed by atoms with Gasteiger partial charge in [-0.2, -0.15) is 0 Å². The van der Waals surface area contributed by atoms with Crippen LogP contribution in [0.4, 0.5) is 0 Å². The van der Waals surface area contributed by atoms with E-state index in [0.717, 1.165) is 12.8 Å². The molecule has 0 spiro atoms. The van der Waals surface area contributed by atoms with E-state index in [1.807, 2.05) is 53.7 Å². The van der Waals surface area contributed by atoms with Gasteiger partial charge in [-0.1, -0.05) is 170 Å². The standard InChI is InChI=1S/C26H22.C19H18.3C2H6.CH4/c1-5-25(3)21-13-9-7-11-17(21)19-16-24-20(15-23(19)25)18-12-8-10-14-22(18)26(24,4)6-2;1-3-13-19(14-4-2)17-11-7-5-9-15(17)16-10-6-8-12-18(16)19;3*1-2;/h5-16H,1-2H2,3-4H3;3-12H,1-2,13-14H2;3*1-2H3;1H4. The van der Waals surface area contributed by atoms with Crippen LogP contribution in [0.5, 0.6) is 0 Å². The lowest BCUT2D eigenvalue weighted by molar-refractivity contribution is 0.543. The Morgan fingerprint density at radius 2 is 0.673 bits per heavy atom. The van der Waals surface area contributed by atoms with Gasteiger partial charge >= 0.3 is 0 Å². The Morgan fingerprint density at radius 1 is 0.404 bits per heavy atom. The van der Waals surface area contributed by atoms with E-state index < -0.39 is 0 Å². The minimum atomic E-state index is -0.150. The van der Waals surface area contributed by atoms with E-state index in [0.29, 0.717) is 0 Å². The van der Waals surface area contributed by atoms with E-state index in [9.17, 15) is 0 Å². The molecule has 5 aromatic rings. The van der Waals surface area contributed by atoms with E-state index in [1.165, 1.54) is 66.8 Å². The van der Waals surface area contributed by atoms with Crippen molar-refractivity contribution < 1.29 is 0 Å². The number of hydrogen-bond acceptors (Lipinski definition) is 0. The fourth-order valence-electron chi connectivity index (χ4n) is 8.41. The predicted octanol–water partition coefficient (Wildman–Crippen LogP) is 15.5. The summed E-state index contributed by atoms with van der Waals surface area (Å²) in [4.78, 5) is 0. The van der Waals surface area contributed by atoms with Crippen LogP contribution in [0.15, 0.2) is 160 Å². The van der Waals surface area contributed by atoms with Crippen molar-refractivity contribution in [2.45, 2.75) is 91.9 Å². The molecule has 8 rings (SSSR count). The molecule has 5 aromatic carbocycles. The third-order valence-corrected chi connectivity index (χ3v) is 10.8. The van der Waals surface area contributed by atoms with Crippen molar-refractivity contribution in [2.75, 3.05) is 0 Å². The molecule has 0 saturated heterocycles. The van der Waals surface area contributed by atoms with Crippen LogP contribution in [0.3, 0.4) is 0 Å². The molecule has 0 saturated carbocycles. The summed E-state index contributed by atoms with van der Waals surface area (Å²) < 4.78 is 0. The van der Waals surface area contributed by atoms with Gasteiger partial charge in [-0.05, 0) is 106 Å². The molecule has 270 valence electrons. The summed E-state index contributed by atoms with van der Waals surface area (Å²) in [6.45, 7) is 32.8. The van der Waals surface area contributed by atoms with Gasteiger partial charge in [-0.3, -0.25) is 0 Å². The van der Waals surface area contributed by atoms with Gasteiger partial charge < -0.3 is 0 Å². The second kappa shape index (κ2) is 17.5. The van der Waals surface area contributed by atoms with Gasteiger partial charge in [0.2, 0.25) is 0 Å². The van der Waals surface area contributed by atoms with Gasteiger partial charge in [0.15, 0.2) is 0 Å². The van der Waals surface area contributed by atoms with Gasteiger partial charge in [0, 0.05) is 16.2 Å². The van der Waals surface area contributed by atoms with E-state index in [1.54, 1.807) is 0 Å². The van der Waals surface area contributed by atoms with Crippen molar-refractivity contribution in [3.63, 3.8) is 0 Å². The van der Waals surface area contributed by atoms with Crippen molar-refractivity contribution in [3.05, 3.63) is 193 Å². The zero-order valence-corrected chi connectivity index (χ0v) is 32.4. The maximum atomic E-state index is 4.18. The second-order valence-electron chi connectivity index (χ2n) is 13.0. The monoisotopic (exact) mass is 686 g/mol. The third-order valence-electron chi connectivity index (χ3n) is 10.8. The maximum absolute atomic E-state index is 4.18. The Morgan fingerprint density at radius 3 is 0.962 bits per heavy atom. The molecule has 0 aromatic heterocycles. The largest absolute Gasteiger partial charge is 0.103 e. The third kappa shape index (κ3) is 6.38. The van der Waals surface area contributed by atoms with Crippen LogP contribution in [-0.2, 0) is 16.2 Å². The van der Waals surface area contributed by atoms with Crippen LogP contribution in [0.1, 0.15) is 109 Å². The van der Waals surface area contributed by atoms with Crippen molar-refractivity contribution in [3.8, 4) is 33.4 Å². The lowest BCUT2D eigenvalue weighted by atomic mass is 9.73. The number of rotatable bonds is 6. The Bertz CT molecular complexity index is 1870. The topological polar surface area (TPSA) is 0 Å². The van der Waals surface area contributed by atoms with Crippen molar-refractivity contribution in [2.24, 2.45) is 0 Å². The summed E-state index contributed by atoms with van der Waals surface area (Å²) in [6, 6.07) is 39.7. The van der Waals surface area contributed by atoms with E-state index in [-0.39, 0.29) is 23.7 Å². The molecule has 0 heteroatoms. The molecule has 0 N–H and O–H groups in total. The number of benzene rings is 5. The van der Waals surface area contributed by atoms with Crippen LogP contribution in [0, 0.1) is 0 Å². The molecule has 0 amide bonds. The molecule has 0 radical (unpaired) electrons. The van der Waals surface area contributed by atoms with Crippen LogP contribution in [-0.4, -0.2) is 0 Å². The van der Waals surface area contributed by atoms with Crippen LogP contribution >= 0.6 is 0 Å². The zero-order chi connectivity index (χ0) is 37.4. The minimum absolute atomic E-state index is 0. The van der Waals surface area contributed by atoms with Crippen LogP contribution < -0.4 is 0 Å². The predicted molar refractivity (Wildman–Crippen MR) is 234 cm³/mol. The Hall–Kier alpha value is -4.94. The minimum Gasteiger partial charge on any atom is -0.103 e. The molecule has 0 aliphatic heterocycles. The molecule has 0 bridgehead atoms. The van der Waals surface area contributed by atoms with Crippen molar-refractivity contribution in [1.82, 2.24) is 0 Å². The summed E-state index contributed by atoms with van der Waals surface area (Å²) in [5, 5.41) is 0. The highest BCUT2D eigenvalue weighted by atomic mass is 14.5. The summed E-state index contributed by atoms with van der Waals surface area (Å²) in [6.07, 6.45) is 10.2. The van der Waals surface area contributed by atoms with Gasteiger partial charge in [0.25, 0.3) is 0 Å². The molecular weight excluding hydrogens is 625 g/mol. The fourth-order valence-corrected chi connectivity index (χ4v) is 8.41. The van der Waals surface area contributed by atoms with Crippen LogP contribution in [0.25, 0.3) is 33.4 Å². The zero-order valence-electron chi connectivity index (χ0n) is 32.4. The molecule has 3 aliphatic rings. The number of fused-ring (bicyclic) bond motifs is 9. The molecule has 2 unspecified atom stereocenters. The summed E-state index contributed by atoms with van der Waals surface area (Å²) in [7, 11) is 0. The normalized spacial score (nSPS) is 17.8. The lowest BCUT2D eigenvalue weighted by Crippen LogP contribution is -2.23. The number of allylic oxidation sites excluding steroid dienone is 4. The highest BCUT2D eigenvalue weighted by molar-refractivity contribution is 5.90.